The monoisotopic (exact) mass is 945 g/mol. The van der Waals surface area contributed by atoms with Gasteiger partial charge in [-0.25, -0.2) is 13.7 Å². The molecule has 10 atom stereocenters. The number of carbonyl (C=O) groups is 4. The number of hydrogen-bond donors (Lipinski definition) is 3. The highest BCUT2D eigenvalue weighted by molar-refractivity contribution is 6.02. The molecule has 1 aromatic carbocycles. The van der Waals surface area contributed by atoms with E-state index in [0.29, 0.717) is 66.4 Å². The van der Waals surface area contributed by atoms with Gasteiger partial charge in [0.25, 0.3) is 11.8 Å². The van der Waals surface area contributed by atoms with Crippen LogP contribution in [0.2, 0.25) is 0 Å². The van der Waals surface area contributed by atoms with Gasteiger partial charge in [0.15, 0.2) is 5.69 Å². The number of fused-ring (bicyclic) bond motifs is 1. The standard InChI is InChI=1S/C53H66FN9O6/c1-52(19-20-52)44(30-8-6-9-30)46(50(66)57-34-12-14-36(37(54)25-34)33-17-22-68-29-33)58-49(65)41-26-39(60-62(41)4)42-24-32(18-23-69-42)38-15-13-35(28-55-38)63(5)43-27-53(43,2)45(31-10-7-11-31)47(51(63)67)59-48(64)40-16-21-56-61(40)3/h12-16,21,25-26,28,30-33,42-47H,6-11,17-20,22-24,27,29H2,1-5H3,(H2-,57,58,59,64,65,66)/p+1/t32?,33?,42?,43?,44?,45?,46-,47-,53?,63?/m0/s1. The Morgan fingerprint density at radius 2 is 1.68 bits per heavy atom. The first-order valence-electron chi connectivity index (χ1n) is 25.5. The predicted molar refractivity (Wildman–Crippen MR) is 255 cm³/mol. The molecule has 15 nitrogen and oxygen atoms in total. The molecule has 16 heteroatoms. The molecule has 3 aliphatic heterocycles. The Hall–Kier alpha value is -5.32. The molecule has 69 heavy (non-hydrogen) atoms. The lowest BCUT2D eigenvalue weighted by Crippen LogP contribution is -2.69. The van der Waals surface area contributed by atoms with Crippen molar-refractivity contribution in [2.24, 2.45) is 48.6 Å². The summed E-state index contributed by atoms with van der Waals surface area (Å²) in [5.41, 5.74) is 3.87. The van der Waals surface area contributed by atoms with Crippen molar-refractivity contribution in [3.05, 3.63) is 89.0 Å². The quantitative estimate of drug-likeness (QED) is 0.110. The average molecular weight is 945 g/mol. The summed E-state index contributed by atoms with van der Waals surface area (Å²) in [6.07, 6.45) is 14.4. The number of hydrogen-bond acceptors (Lipinski definition) is 9. The van der Waals surface area contributed by atoms with Gasteiger partial charge in [-0.1, -0.05) is 58.4 Å². The third-order valence-electron chi connectivity index (χ3n) is 18.2. The molecule has 8 unspecified atom stereocenters. The molecule has 0 radical (unpaired) electrons. The van der Waals surface area contributed by atoms with Crippen molar-refractivity contribution in [3.63, 3.8) is 0 Å². The first-order chi connectivity index (χ1) is 33.2. The number of nitrogens with zero attached hydrogens (tertiary/aromatic N) is 6. The summed E-state index contributed by atoms with van der Waals surface area (Å²) in [7, 11) is 5.47. The molecule has 6 heterocycles. The van der Waals surface area contributed by atoms with Crippen molar-refractivity contribution < 1.29 is 33.0 Å². The maximum absolute atomic E-state index is 15.4. The van der Waals surface area contributed by atoms with E-state index in [4.69, 9.17) is 19.6 Å². The number of anilines is 1. The van der Waals surface area contributed by atoms with Crippen LogP contribution < -0.4 is 20.4 Å². The molecule has 366 valence electrons. The Bertz CT molecular complexity index is 2650. The summed E-state index contributed by atoms with van der Waals surface area (Å²) in [6, 6.07) is 11.0. The van der Waals surface area contributed by atoms with Crippen LogP contribution in [0.25, 0.3) is 0 Å². The molecule has 3 aromatic heterocycles. The second kappa shape index (κ2) is 17.5. The smallest absolute Gasteiger partial charge is 0.341 e. The highest BCUT2D eigenvalue weighted by atomic mass is 19.1. The highest BCUT2D eigenvalue weighted by Gasteiger charge is 2.76. The van der Waals surface area contributed by atoms with Crippen molar-refractivity contribution >= 4 is 35.0 Å². The number of amides is 4. The molecule has 7 fully saturated rings. The molecule has 11 rings (SSSR count). The summed E-state index contributed by atoms with van der Waals surface area (Å²) in [4.78, 5) is 62.3. The molecule has 3 saturated heterocycles. The molecule has 3 N–H and O–H groups in total. The number of nitrogens with one attached hydrogen (secondary N) is 3. The van der Waals surface area contributed by atoms with E-state index >= 15 is 4.39 Å². The number of carbonyl (C=O) groups excluding carboxylic acids is 4. The lowest BCUT2D eigenvalue weighted by molar-refractivity contribution is -0.140. The Labute approximate surface area is 403 Å². The van der Waals surface area contributed by atoms with Crippen LogP contribution in [0, 0.1) is 40.3 Å². The fourth-order valence-corrected chi connectivity index (χ4v) is 13.4. The van der Waals surface area contributed by atoms with Gasteiger partial charge in [0, 0.05) is 80.5 Å². The molecular formula is C53H67FN9O6+. The zero-order valence-corrected chi connectivity index (χ0v) is 40.6. The van der Waals surface area contributed by atoms with Gasteiger partial charge in [0.05, 0.1) is 25.5 Å². The Morgan fingerprint density at radius 1 is 0.899 bits per heavy atom. The number of likely N-dealkylation sites (N-methyl/N-ethyl adjacent to an activating group) is 1. The van der Waals surface area contributed by atoms with Crippen LogP contribution in [-0.4, -0.2) is 93.2 Å². The number of quaternary nitrogens is 1. The second-order valence-electron chi connectivity index (χ2n) is 22.4. The normalized spacial score (nSPS) is 31.4. The summed E-state index contributed by atoms with van der Waals surface area (Å²) >= 11 is 0. The Balaban J connectivity index is 0.792. The zero-order valence-electron chi connectivity index (χ0n) is 40.6. The van der Waals surface area contributed by atoms with E-state index in [0.717, 1.165) is 82.0 Å². The van der Waals surface area contributed by atoms with Crippen molar-refractivity contribution in [1.82, 2.24) is 39.7 Å². The van der Waals surface area contributed by atoms with Gasteiger partial charge >= 0.3 is 5.91 Å². The maximum atomic E-state index is 15.4. The van der Waals surface area contributed by atoms with E-state index in [1.165, 1.54) is 6.07 Å². The van der Waals surface area contributed by atoms with Crippen LogP contribution in [0.4, 0.5) is 15.8 Å². The summed E-state index contributed by atoms with van der Waals surface area (Å²) < 4.78 is 30.4. The third-order valence-corrected chi connectivity index (χ3v) is 18.2. The van der Waals surface area contributed by atoms with Crippen LogP contribution in [0.1, 0.15) is 147 Å². The van der Waals surface area contributed by atoms with Crippen LogP contribution >= 0.6 is 0 Å². The highest BCUT2D eigenvalue weighted by Crippen LogP contribution is 2.66. The van der Waals surface area contributed by atoms with Crippen molar-refractivity contribution in [1.29, 1.82) is 0 Å². The van der Waals surface area contributed by atoms with Gasteiger partial charge in [-0.05, 0) is 91.2 Å². The first-order valence-corrected chi connectivity index (χ1v) is 25.5. The average Bonchev–Trinajstić information content (AvgIpc) is 3.90. The van der Waals surface area contributed by atoms with Gasteiger partial charge in [0.1, 0.15) is 41.4 Å². The van der Waals surface area contributed by atoms with E-state index in [9.17, 15) is 19.2 Å². The van der Waals surface area contributed by atoms with Crippen LogP contribution in [-0.2, 0) is 33.2 Å². The SMILES string of the molecule is Cn1nc(C2CC(c3ccc([N+]4(C)C(=O)[C@@H](NC(=O)c5ccnn5C)C(C5CCC5)C5(C)CC54)cn3)CCO2)cc1C(=O)N[C@H](C(=O)Nc1ccc(C2CCOC2)c(F)c1)C(C1CCC1)C1(C)CC1. The van der Waals surface area contributed by atoms with E-state index in [2.05, 4.69) is 34.9 Å². The number of pyridine rings is 1. The minimum Gasteiger partial charge on any atom is -0.381 e. The van der Waals surface area contributed by atoms with Gasteiger partial charge in [-0.2, -0.15) is 10.2 Å². The molecular weight excluding hydrogens is 878 g/mol. The fraction of sp³-hybridized carbons (Fsp3) is 0.604. The number of likely N-dealkylation sites (tertiary alicyclic amines) is 1. The van der Waals surface area contributed by atoms with E-state index in [1.54, 1.807) is 53.9 Å². The number of halogens is 1. The number of aromatic nitrogens is 5. The number of benzene rings is 1. The van der Waals surface area contributed by atoms with Gasteiger partial charge in [-0.15, -0.1) is 0 Å². The number of piperidine rings is 1. The van der Waals surface area contributed by atoms with Gasteiger partial charge < -0.3 is 25.4 Å². The Kier molecular flexibility index (Phi) is 11.7. The van der Waals surface area contributed by atoms with E-state index < -0.39 is 24.1 Å². The molecule has 0 spiro atoms. The topological polar surface area (TPSA) is 171 Å². The van der Waals surface area contributed by atoms with E-state index in [-0.39, 0.29) is 68.6 Å². The largest absolute Gasteiger partial charge is 0.381 e. The molecule has 4 saturated carbocycles. The lowest BCUT2D eigenvalue weighted by Gasteiger charge is -2.49. The van der Waals surface area contributed by atoms with E-state index in [1.807, 2.05) is 25.4 Å². The molecule has 4 amide bonds. The number of aryl methyl sites for hydroxylation is 2. The zero-order chi connectivity index (χ0) is 48.0. The predicted octanol–water partition coefficient (Wildman–Crippen LogP) is 7.25. The first kappa shape index (κ1) is 46.1. The Morgan fingerprint density at radius 3 is 2.32 bits per heavy atom. The lowest BCUT2D eigenvalue weighted by atomic mass is 9.64. The van der Waals surface area contributed by atoms with Crippen molar-refractivity contribution in [2.75, 3.05) is 32.2 Å². The van der Waals surface area contributed by atoms with Gasteiger partial charge in [-0.3, -0.25) is 28.7 Å². The molecule has 4 aliphatic carbocycles. The minimum absolute atomic E-state index is 0.000939. The van der Waals surface area contributed by atoms with Crippen LogP contribution in [0.15, 0.2) is 54.9 Å². The van der Waals surface area contributed by atoms with Crippen LogP contribution in [0.3, 0.4) is 0 Å². The number of rotatable bonds is 14. The summed E-state index contributed by atoms with van der Waals surface area (Å²) in [5, 5.41) is 18.3. The minimum atomic E-state index is -0.831. The summed E-state index contributed by atoms with van der Waals surface area (Å²) in [5.74, 6) is -0.646. The molecule has 0 bridgehead atoms. The number of ether oxygens (including phenoxy) is 2. The van der Waals surface area contributed by atoms with Crippen molar-refractivity contribution in [3.8, 4) is 0 Å². The third kappa shape index (κ3) is 8.11. The maximum Gasteiger partial charge on any atom is 0.341 e. The second-order valence-corrected chi connectivity index (χ2v) is 22.4. The van der Waals surface area contributed by atoms with Gasteiger partial charge in [0.2, 0.25) is 5.91 Å². The molecule has 4 aromatic rings. The molecule has 7 aliphatic rings. The van der Waals surface area contributed by atoms with Crippen molar-refractivity contribution in [2.45, 2.75) is 127 Å². The fourth-order valence-electron chi connectivity index (χ4n) is 13.4. The van der Waals surface area contributed by atoms with Crippen LogP contribution in [0.5, 0.6) is 0 Å². The summed E-state index contributed by atoms with van der Waals surface area (Å²) in [6.45, 7) is 6.08.